The standard InChI is InChI=1S/C27H35ClFN3/c28-25-10-7-22(29)16-24(25)26-11-9-23(30-31-26)8-6-21-17-27(18-21)12-14-32(15-13-27)19-20-4-2-1-3-5-20/h7,9-11,16,20-21H,1-6,8,12-15,17-19H2. The number of rotatable bonds is 6. The molecule has 0 bridgehead atoms. The molecule has 3 nitrogen and oxygen atoms in total. The van der Waals surface area contributed by atoms with E-state index in [2.05, 4.69) is 15.1 Å². The highest BCUT2D eigenvalue weighted by molar-refractivity contribution is 6.33. The van der Waals surface area contributed by atoms with Crippen molar-refractivity contribution in [1.29, 1.82) is 0 Å². The molecule has 172 valence electrons. The van der Waals surface area contributed by atoms with Crippen LogP contribution in [-0.2, 0) is 6.42 Å². The number of aryl methyl sites for hydroxylation is 1. The molecule has 0 N–H and O–H groups in total. The van der Waals surface area contributed by atoms with Crippen molar-refractivity contribution in [3.63, 3.8) is 0 Å². The molecule has 1 saturated heterocycles. The summed E-state index contributed by atoms with van der Waals surface area (Å²) in [6.07, 6.45) is 15.1. The largest absolute Gasteiger partial charge is 0.303 e. The van der Waals surface area contributed by atoms with Gasteiger partial charge < -0.3 is 4.90 Å². The zero-order valence-corrected chi connectivity index (χ0v) is 19.8. The number of likely N-dealkylation sites (tertiary alicyclic amines) is 1. The molecule has 2 aliphatic carbocycles. The fourth-order valence-corrected chi connectivity index (χ4v) is 6.62. The van der Waals surface area contributed by atoms with Crippen LogP contribution in [0.5, 0.6) is 0 Å². The Morgan fingerprint density at radius 3 is 2.47 bits per heavy atom. The summed E-state index contributed by atoms with van der Waals surface area (Å²) in [5.74, 6) is 1.49. The number of piperidine rings is 1. The predicted molar refractivity (Wildman–Crippen MR) is 128 cm³/mol. The van der Waals surface area contributed by atoms with Gasteiger partial charge in [-0.05, 0) is 112 Å². The summed E-state index contributed by atoms with van der Waals surface area (Å²) in [5, 5.41) is 9.19. The molecule has 3 fully saturated rings. The Kier molecular flexibility index (Phi) is 6.80. The fraction of sp³-hybridized carbons (Fsp3) is 0.630. The summed E-state index contributed by atoms with van der Waals surface area (Å²) in [7, 11) is 0. The second-order valence-electron chi connectivity index (χ2n) is 10.7. The van der Waals surface area contributed by atoms with E-state index in [1.54, 1.807) is 6.07 Å². The van der Waals surface area contributed by atoms with E-state index in [1.807, 2.05) is 12.1 Å². The average molecular weight is 456 g/mol. The average Bonchev–Trinajstić information content (AvgIpc) is 2.80. The molecule has 0 unspecified atom stereocenters. The topological polar surface area (TPSA) is 29.0 Å². The van der Waals surface area contributed by atoms with E-state index in [0.29, 0.717) is 21.7 Å². The fourth-order valence-electron chi connectivity index (χ4n) is 6.40. The Bertz CT molecular complexity index is 894. The summed E-state index contributed by atoms with van der Waals surface area (Å²) < 4.78 is 13.5. The Hall–Kier alpha value is -1.52. The highest BCUT2D eigenvalue weighted by Crippen LogP contribution is 2.54. The van der Waals surface area contributed by atoms with Gasteiger partial charge in [-0.3, -0.25) is 0 Å². The van der Waals surface area contributed by atoms with Gasteiger partial charge in [-0.15, -0.1) is 0 Å². The van der Waals surface area contributed by atoms with E-state index in [4.69, 9.17) is 11.6 Å². The van der Waals surface area contributed by atoms with Gasteiger partial charge in [0, 0.05) is 12.1 Å². The SMILES string of the molecule is Fc1ccc(Cl)c(-c2ccc(CCC3CC4(CCN(CC5CCCCC5)CC4)C3)nn2)c1. The molecule has 32 heavy (non-hydrogen) atoms. The van der Waals surface area contributed by atoms with Gasteiger partial charge in [-0.2, -0.15) is 10.2 Å². The number of hydrogen-bond donors (Lipinski definition) is 0. The van der Waals surface area contributed by atoms with Gasteiger partial charge in [0.2, 0.25) is 0 Å². The van der Waals surface area contributed by atoms with Crippen molar-refractivity contribution in [3.8, 4) is 11.3 Å². The predicted octanol–water partition coefficient (Wildman–Crippen LogP) is 6.94. The number of nitrogens with zero attached hydrogens (tertiary/aromatic N) is 3. The Balaban J connectivity index is 1.05. The first-order valence-corrected chi connectivity index (χ1v) is 13.0. The Morgan fingerprint density at radius 2 is 1.75 bits per heavy atom. The number of halogens is 2. The summed E-state index contributed by atoms with van der Waals surface area (Å²) in [4.78, 5) is 2.76. The maximum absolute atomic E-state index is 13.5. The smallest absolute Gasteiger partial charge is 0.123 e. The Labute approximate surface area is 196 Å². The quantitative estimate of drug-likeness (QED) is 0.472. The van der Waals surface area contributed by atoms with Gasteiger partial charge in [0.1, 0.15) is 5.82 Å². The first kappa shape index (κ1) is 22.3. The van der Waals surface area contributed by atoms with E-state index in [0.717, 1.165) is 24.0 Å². The van der Waals surface area contributed by atoms with Crippen molar-refractivity contribution in [3.05, 3.63) is 46.9 Å². The highest BCUT2D eigenvalue weighted by Gasteiger charge is 2.45. The molecule has 3 aliphatic rings. The van der Waals surface area contributed by atoms with Crippen LogP contribution in [-0.4, -0.2) is 34.7 Å². The third-order valence-electron chi connectivity index (χ3n) is 8.33. The van der Waals surface area contributed by atoms with Crippen molar-refractivity contribution < 1.29 is 4.39 Å². The van der Waals surface area contributed by atoms with E-state index in [9.17, 15) is 4.39 Å². The lowest BCUT2D eigenvalue weighted by Gasteiger charge is -2.53. The molecule has 0 radical (unpaired) electrons. The van der Waals surface area contributed by atoms with E-state index in [1.165, 1.54) is 96.0 Å². The van der Waals surface area contributed by atoms with Gasteiger partial charge in [-0.1, -0.05) is 30.9 Å². The van der Waals surface area contributed by atoms with Crippen LogP contribution in [0.4, 0.5) is 4.39 Å². The van der Waals surface area contributed by atoms with Crippen molar-refractivity contribution in [1.82, 2.24) is 15.1 Å². The number of aromatic nitrogens is 2. The molecular formula is C27H35ClFN3. The van der Waals surface area contributed by atoms with Gasteiger partial charge in [0.15, 0.2) is 0 Å². The van der Waals surface area contributed by atoms with Crippen LogP contribution in [0.3, 0.4) is 0 Å². The maximum Gasteiger partial charge on any atom is 0.123 e. The molecule has 5 rings (SSSR count). The van der Waals surface area contributed by atoms with Crippen molar-refractivity contribution in [2.45, 2.75) is 70.6 Å². The van der Waals surface area contributed by atoms with Crippen molar-refractivity contribution in [2.75, 3.05) is 19.6 Å². The Morgan fingerprint density at radius 1 is 0.969 bits per heavy atom. The summed E-state index contributed by atoms with van der Waals surface area (Å²) in [6, 6.07) is 8.27. The lowest BCUT2D eigenvalue weighted by Crippen LogP contribution is -2.48. The van der Waals surface area contributed by atoms with Crippen LogP contribution in [0.1, 0.15) is 69.9 Å². The normalized spacial score (nSPS) is 22.2. The molecule has 0 atom stereocenters. The first-order chi connectivity index (χ1) is 15.6. The molecular weight excluding hydrogens is 421 g/mol. The number of hydrogen-bond acceptors (Lipinski definition) is 3. The molecule has 2 aromatic rings. The number of benzene rings is 1. The van der Waals surface area contributed by atoms with Gasteiger partial charge in [0.25, 0.3) is 0 Å². The zero-order valence-electron chi connectivity index (χ0n) is 19.0. The monoisotopic (exact) mass is 455 g/mol. The maximum atomic E-state index is 13.5. The molecule has 5 heteroatoms. The van der Waals surface area contributed by atoms with Crippen LogP contribution in [0.25, 0.3) is 11.3 Å². The second-order valence-corrected chi connectivity index (χ2v) is 11.1. The summed E-state index contributed by atoms with van der Waals surface area (Å²) in [5.41, 5.74) is 2.88. The van der Waals surface area contributed by atoms with Gasteiger partial charge in [0.05, 0.1) is 16.4 Å². The molecule has 1 aliphatic heterocycles. The highest BCUT2D eigenvalue weighted by atomic mass is 35.5. The van der Waals surface area contributed by atoms with E-state index in [-0.39, 0.29) is 5.82 Å². The van der Waals surface area contributed by atoms with Crippen LogP contribution < -0.4 is 0 Å². The van der Waals surface area contributed by atoms with Crippen LogP contribution in [0.2, 0.25) is 5.02 Å². The first-order valence-electron chi connectivity index (χ1n) is 12.6. The minimum absolute atomic E-state index is 0.311. The molecule has 1 aromatic heterocycles. The van der Waals surface area contributed by atoms with Crippen molar-refractivity contribution in [2.24, 2.45) is 17.3 Å². The van der Waals surface area contributed by atoms with Crippen LogP contribution in [0, 0.1) is 23.1 Å². The van der Waals surface area contributed by atoms with Crippen LogP contribution >= 0.6 is 11.6 Å². The molecule has 1 spiro atoms. The molecule has 2 saturated carbocycles. The van der Waals surface area contributed by atoms with E-state index >= 15 is 0 Å². The third kappa shape index (κ3) is 5.17. The molecule has 1 aromatic carbocycles. The summed E-state index contributed by atoms with van der Waals surface area (Å²) in [6.45, 7) is 3.99. The lowest BCUT2D eigenvalue weighted by molar-refractivity contribution is -0.0203. The molecule has 2 heterocycles. The molecule has 0 amide bonds. The third-order valence-corrected chi connectivity index (χ3v) is 8.66. The van der Waals surface area contributed by atoms with E-state index < -0.39 is 0 Å². The van der Waals surface area contributed by atoms with Crippen LogP contribution in [0.15, 0.2) is 30.3 Å². The zero-order chi connectivity index (χ0) is 22.0. The van der Waals surface area contributed by atoms with Crippen molar-refractivity contribution >= 4 is 11.6 Å². The second kappa shape index (κ2) is 9.77. The van der Waals surface area contributed by atoms with Gasteiger partial charge >= 0.3 is 0 Å². The lowest BCUT2D eigenvalue weighted by atomic mass is 9.56. The minimum atomic E-state index is -0.311. The summed E-state index contributed by atoms with van der Waals surface area (Å²) >= 11 is 6.19. The minimum Gasteiger partial charge on any atom is -0.303 e. The van der Waals surface area contributed by atoms with Gasteiger partial charge in [-0.25, -0.2) is 4.39 Å².